The smallest absolute Gasteiger partial charge is 0.362 e. The normalized spacial score (nSPS) is 10.6. The van der Waals surface area contributed by atoms with Gasteiger partial charge in [-0.15, -0.1) is 0 Å². The average Bonchev–Trinajstić information content (AvgIpc) is 2.78. The van der Waals surface area contributed by atoms with Crippen molar-refractivity contribution in [2.24, 2.45) is 5.73 Å². The summed E-state index contributed by atoms with van der Waals surface area (Å²) in [6.07, 6.45) is 0. The van der Waals surface area contributed by atoms with Crippen LogP contribution >= 0.6 is 0 Å². The van der Waals surface area contributed by atoms with Gasteiger partial charge in [0.25, 0.3) is 5.91 Å². The largest absolute Gasteiger partial charge is 0.506 e. The number of primary amides is 1. The fourth-order valence-corrected chi connectivity index (χ4v) is 3.33. The van der Waals surface area contributed by atoms with E-state index in [9.17, 15) is 14.7 Å². The summed E-state index contributed by atoms with van der Waals surface area (Å²) in [5.41, 5.74) is 16.3. The number of rotatable bonds is 5. The Kier molecular flexibility index (Phi) is 5.15. The number of hydrogen-bond donors (Lipinski definition) is 4. The number of nitrogens with two attached hydrogens (primary N) is 2. The van der Waals surface area contributed by atoms with Crippen LogP contribution in [-0.4, -0.2) is 17.0 Å². The highest BCUT2D eigenvalue weighted by Gasteiger charge is 2.19. The molecule has 4 aromatic carbocycles. The maximum atomic E-state index is 12.5. The number of nitrogen functional groups attached to an aromatic ring is 1. The van der Waals surface area contributed by atoms with Gasteiger partial charge in [0.05, 0.1) is 16.8 Å². The lowest BCUT2D eigenvalue weighted by Gasteiger charge is -2.13. The Morgan fingerprint density at radius 2 is 1.61 bits per heavy atom. The molecule has 0 aromatic heterocycles. The SMILES string of the molecule is NC(=O)c1c(O)c(-c2ccccc2)cc2cc(C(=O)ONc3ccc(N)cc3)ccc12. The first-order valence-corrected chi connectivity index (χ1v) is 9.41. The summed E-state index contributed by atoms with van der Waals surface area (Å²) >= 11 is 0. The lowest BCUT2D eigenvalue weighted by molar-refractivity contribution is 0.0596. The summed E-state index contributed by atoms with van der Waals surface area (Å²) in [6, 6.07) is 22.2. The van der Waals surface area contributed by atoms with Crippen LogP contribution in [0.5, 0.6) is 5.75 Å². The van der Waals surface area contributed by atoms with Gasteiger partial charge in [0, 0.05) is 11.3 Å². The summed E-state index contributed by atoms with van der Waals surface area (Å²) in [6.45, 7) is 0. The van der Waals surface area contributed by atoms with E-state index in [4.69, 9.17) is 16.3 Å². The molecular weight excluding hydrogens is 394 g/mol. The maximum Gasteiger partial charge on any atom is 0.362 e. The van der Waals surface area contributed by atoms with Gasteiger partial charge < -0.3 is 21.4 Å². The predicted octanol–water partition coefficient (Wildman–Crippen LogP) is 4.08. The molecule has 31 heavy (non-hydrogen) atoms. The number of amides is 1. The van der Waals surface area contributed by atoms with Crippen molar-refractivity contribution >= 4 is 34.0 Å². The van der Waals surface area contributed by atoms with Crippen LogP contribution in [0.1, 0.15) is 20.7 Å². The van der Waals surface area contributed by atoms with E-state index in [1.165, 1.54) is 6.07 Å². The molecule has 0 heterocycles. The van der Waals surface area contributed by atoms with E-state index in [1.54, 1.807) is 54.6 Å². The van der Waals surface area contributed by atoms with Crippen LogP contribution in [0.4, 0.5) is 11.4 Å². The van der Waals surface area contributed by atoms with Gasteiger partial charge in [-0.2, -0.15) is 0 Å². The molecule has 0 aliphatic rings. The van der Waals surface area contributed by atoms with Crippen LogP contribution in [0.15, 0.2) is 78.9 Å². The highest BCUT2D eigenvalue weighted by Crippen LogP contribution is 2.38. The molecule has 0 fully saturated rings. The summed E-state index contributed by atoms with van der Waals surface area (Å²) in [5, 5.41) is 11.7. The number of nitrogens with one attached hydrogen (secondary N) is 1. The maximum absolute atomic E-state index is 12.5. The molecule has 4 rings (SSSR count). The minimum absolute atomic E-state index is 0.00345. The van der Waals surface area contributed by atoms with Gasteiger partial charge >= 0.3 is 5.97 Å². The van der Waals surface area contributed by atoms with Crippen molar-refractivity contribution in [3.8, 4) is 16.9 Å². The van der Waals surface area contributed by atoms with E-state index in [1.807, 2.05) is 18.2 Å². The molecule has 0 unspecified atom stereocenters. The number of phenols is 1. The minimum Gasteiger partial charge on any atom is -0.506 e. The zero-order chi connectivity index (χ0) is 22.0. The summed E-state index contributed by atoms with van der Waals surface area (Å²) in [7, 11) is 0. The van der Waals surface area contributed by atoms with Crippen LogP contribution in [0.3, 0.4) is 0 Å². The molecule has 7 heteroatoms. The van der Waals surface area contributed by atoms with E-state index in [0.717, 1.165) is 0 Å². The molecular formula is C24H19N3O4. The molecule has 7 nitrogen and oxygen atoms in total. The van der Waals surface area contributed by atoms with Gasteiger partial charge in [-0.1, -0.05) is 36.4 Å². The van der Waals surface area contributed by atoms with Crippen molar-refractivity contribution in [1.29, 1.82) is 0 Å². The van der Waals surface area contributed by atoms with Gasteiger partial charge in [-0.05, 0) is 58.8 Å². The zero-order valence-corrected chi connectivity index (χ0v) is 16.3. The summed E-state index contributed by atoms with van der Waals surface area (Å²) < 4.78 is 0. The molecule has 0 saturated carbocycles. The molecule has 4 aromatic rings. The van der Waals surface area contributed by atoms with Crippen molar-refractivity contribution in [3.63, 3.8) is 0 Å². The minimum atomic E-state index is -0.763. The number of fused-ring (bicyclic) bond motifs is 1. The third-order valence-corrected chi connectivity index (χ3v) is 4.85. The molecule has 6 N–H and O–H groups in total. The van der Waals surface area contributed by atoms with Gasteiger partial charge in [-0.3, -0.25) is 4.79 Å². The van der Waals surface area contributed by atoms with Crippen LogP contribution < -0.4 is 16.9 Å². The quantitative estimate of drug-likeness (QED) is 0.288. The zero-order valence-electron chi connectivity index (χ0n) is 16.3. The Balaban J connectivity index is 1.72. The molecule has 0 bridgehead atoms. The van der Waals surface area contributed by atoms with E-state index < -0.39 is 11.9 Å². The first-order chi connectivity index (χ1) is 14.9. The van der Waals surface area contributed by atoms with Crippen molar-refractivity contribution in [2.45, 2.75) is 0 Å². The number of carbonyl (C=O) groups excluding carboxylic acids is 2. The first kappa shape index (κ1) is 19.8. The second-order valence-corrected chi connectivity index (χ2v) is 6.93. The molecule has 154 valence electrons. The molecule has 0 saturated heterocycles. The van der Waals surface area contributed by atoms with Gasteiger partial charge in [-0.25, -0.2) is 10.3 Å². The van der Waals surface area contributed by atoms with Gasteiger partial charge in [0.15, 0.2) is 0 Å². The summed E-state index contributed by atoms with van der Waals surface area (Å²) in [5.74, 6) is -1.58. The topological polar surface area (TPSA) is 128 Å². The molecule has 0 aliphatic heterocycles. The van der Waals surface area contributed by atoms with E-state index in [2.05, 4.69) is 5.48 Å². The van der Waals surface area contributed by atoms with Crippen LogP contribution in [0, 0.1) is 0 Å². The number of hydrogen-bond acceptors (Lipinski definition) is 6. The van der Waals surface area contributed by atoms with E-state index in [0.29, 0.717) is 33.3 Å². The van der Waals surface area contributed by atoms with Gasteiger partial charge in [0.2, 0.25) is 0 Å². The number of benzene rings is 4. The lowest BCUT2D eigenvalue weighted by Crippen LogP contribution is -2.13. The highest BCUT2D eigenvalue weighted by atomic mass is 16.7. The third kappa shape index (κ3) is 3.97. The molecule has 0 aliphatic carbocycles. The fraction of sp³-hybridized carbons (Fsp3) is 0. The Hall–Kier alpha value is -4.52. The number of anilines is 2. The molecule has 0 atom stereocenters. The monoisotopic (exact) mass is 413 g/mol. The van der Waals surface area contributed by atoms with Crippen molar-refractivity contribution < 1.29 is 19.5 Å². The number of aromatic hydroxyl groups is 1. The van der Waals surface area contributed by atoms with E-state index >= 15 is 0 Å². The second-order valence-electron chi connectivity index (χ2n) is 6.93. The lowest BCUT2D eigenvalue weighted by atomic mass is 9.94. The Morgan fingerprint density at radius 3 is 2.29 bits per heavy atom. The van der Waals surface area contributed by atoms with E-state index in [-0.39, 0.29) is 16.9 Å². The van der Waals surface area contributed by atoms with Gasteiger partial charge in [0.1, 0.15) is 5.75 Å². The van der Waals surface area contributed by atoms with Crippen molar-refractivity contribution in [1.82, 2.24) is 0 Å². The Bertz CT molecular complexity index is 1290. The standard InChI is InChI=1S/C24H19N3O4/c25-17-7-9-18(10-8-17)27-31-24(30)15-6-11-19-16(12-15)13-20(14-4-2-1-3-5-14)22(28)21(19)23(26)29/h1-13,27-28H,25H2,(H2,26,29). The Labute approximate surface area is 177 Å². The number of carbonyl (C=O) groups is 2. The average molecular weight is 413 g/mol. The van der Waals surface area contributed by atoms with Crippen molar-refractivity contribution in [2.75, 3.05) is 11.2 Å². The Morgan fingerprint density at radius 1 is 0.903 bits per heavy atom. The fourth-order valence-electron chi connectivity index (χ4n) is 3.33. The van der Waals surface area contributed by atoms with Crippen LogP contribution in [-0.2, 0) is 4.84 Å². The van der Waals surface area contributed by atoms with Crippen LogP contribution in [0.25, 0.3) is 21.9 Å². The third-order valence-electron chi connectivity index (χ3n) is 4.85. The summed E-state index contributed by atoms with van der Waals surface area (Å²) in [4.78, 5) is 29.7. The predicted molar refractivity (Wildman–Crippen MR) is 119 cm³/mol. The van der Waals surface area contributed by atoms with Crippen molar-refractivity contribution in [3.05, 3.63) is 90.0 Å². The highest BCUT2D eigenvalue weighted by molar-refractivity contribution is 6.12. The second kappa shape index (κ2) is 8.08. The van der Waals surface area contributed by atoms with Crippen LogP contribution in [0.2, 0.25) is 0 Å². The molecule has 0 spiro atoms. The molecule has 1 amide bonds. The molecule has 0 radical (unpaired) electrons. The first-order valence-electron chi connectivity index (χ1n) is 9.41.